The highest BCUT2D eigenvalue weighted by molar-refractivity contribution is 5.31. The molecule has 1 heterocycles. The van der Waals surface area contributed by atoms with E-state index in [9.17, 15) is 0 Å². The van der Waals surface area contributed by atoms with Crippen molar-refractivity contribution >= 4 is 0 Å². The van der Waals surface area contributed by atoms with Crippen LogP contribution in [0, 0.1) is 6.92 Å². The van der Waals surface area contributed by atoms with Crippen LogP contribution in [0.5, 0.6) is 0 Å². The van der Waals surface area contributed by atoms with Gasteiger partial charge in [0, 0.05) is 18.2 Å². The number of nitrogens with two attached hydrogens (primary N) is 1. The minimum absolute atomic E-state index is 0.354. The molecule has 0 bridgehead atoms. The van der Waals surface area contributed by atoms with Gasteiger partial charge in [0.15, 0.2) is 0 Å². The SMILES string of the molecule is Cc1cc(C2C=CC=C2)nn1CCN. The van der Waals surface area contributed by atoms with Gasteiger partial charge in [0.05, 0.1) is 12.2 Å². The lowest BCUT2D eigenvalue weighted by molar-refractivity contribution is 0.599. The third kappa shape index (κ3) is 1.63. The lowest BCUT2D eigenvalue weighted by atomic mass is 10.1. The first kappa shape index (κ1) is 9.21. The molecule has 0 atom stereocenters. The van der Waals surface area contributed by atoms with Gasteiger partial charge in [-0.2, -0.15) is 5.10 Å². The van der Waals surface area contributed by atoms with Gasteiger partial charge in [-0.15, -0.1) is 0 Å². The predicted molar refractivity (Wildman–Crippen MR) is 57.0 cm³/mol. The zero-order valence-electron chi connectivity index (χ0n) is 8.35. The van der Waals surface area contributed by atoms with Crippen LogP contribution in [0.2, 0.25) is 0 Å². The lowest BCUT2D eigenvalue weighted by Gasteiger charge is -2.01. The Morgan fingerprint density at radius 3 is 2.79 bits per heavy atom. The summed E-state index contributed by atoms with van der Waals surface area (Å²) in [6.07, 6.45) is 8.41. The van der Waals surface area contributed by atoms with Gasteiger partial charge >= 0.3 is 0 Å². The first-order chi connectivity index (χ1) is 6.81. The summed E-state index contributed by atoms with van der Waals surface area (Å²) in [4.78, 5) is 0. The van der Waals surface area contributed by atoms with Crippen molar-refractivity contribution in [3.8, 4) is 0 Å². The minimum atomic E-state index is 0.354. The Labute approximate surface area is 83.9 Å². The molecule has 74 valence electrons. The Hall–Kier alpha value is -1.35. The van der Waals surface area contributed by atoms with Crippen molar-refractivity contribution in [1.82, 2.24) is 9.78 Å². The molecule has 2 N–H and O–H groups in total. The van der Waals surface area contributed by atoms with Crippen LogP contribution < -0.4 is 5.73 Å². The molecule has 0 aromatic carbocycles. The summed E-state index contributed by atoms with van der Waals surface area (Å²) in [6.45, 7) is 3.50. The van der Waals surface area contributed by atoms with Gasteiger partial charge in [-0.1, -0.05) is 24.3 Å². The van der Waals surface area contributed by atoms with Crippen molar-refractivity contribution < 1.29 is 0 Å². The minimum Gasteiger partial charge on any atom is -0.329 e. The molecular weight excluding hydrogens is 174 g/mol. The molecule has 3 heteroatoms. The summed E-state index contributed by atoms with van der Waals surface area (Å²) in [5.74, 6) is 0.354. The molecule has 0 spiro atoms. The number of aryl methyl sites for hydroxylation is 1. The topological polar surface area (TPSA) is 43.8 Å². The van der Waals surface area contributed by atoms with E-state index >= 15 is 0 Å². The maximum Gasteiger partial charge on any atom is 0.0734 e. The summed E-state index contributed by atoms with van der Waals surface area (Å²) in [5.41, 5.74) is 7.80. The van der Waals surface area contributed by atoms with Crippen LogP contribution in [0.1, 0.15) is 17.3 Å². The first-order valence-corrected chi connectivity index (χ1v) is 4.90. The second-order valence-electron chi connectivity index (χ2n) is 3.52. The fourth-order valence-corrected chi connectivity index (χ4v) is 1.68. The van der Waals surface area contributed by atoms with Crippen molar-refractivity contribution in [2.45, 2.75) is 19.4 Å². The van der Waals surface area contributed by atoms with Crippen molar-refractivity contribution in [3.05, 3.63) is 41.8 Å². The van der Waals surface area contributed by atoms with Crippen LogP contribution in [0.4, 0.5) is 0 Å². The predicted octanol–water partition coefficient (Wildman–Crippen LogP) is 1.36. The van der Waals surface area contributed by atoms with E-state index in [1.165, 1.54) is 5.69 Å². The molecule has 1 aromatic rings. The van der Waals surface area contributed by atoms with Gasteiger partial charge in [-0.05, 0) is 13.0 Å². The number of hydrogen-bond donors (Lipinski definition) is 1. The van der Waals surface area contributed by atoms with Gasteiger partial charge in [-0.25, -0.2) is 0 Å². The van der Waals surface area contributed by atoms with E-state index in [1.807, 2.05) is 4.68 Å². The van der Waals surface area contributed by atoms with Crippen LogP contribution in [0.3, 0.4) is 0 Å². The standard InChI is InChI=1S/C11H15N3/c1-9-8-11(10-4-2-3-5-10)13-14(9)7-6-12/h2-5,8,10H,6-7,12H2,1H3. The summed E-state index contributed by atoms with van der Waals surface area (Å²) >= 11 is 0. The van der Waals surface area contributed by atoms with Crippen LogP contribution >= 0.6 is 0 Å². The molecule has 1 aromatic heterocycles. The van der Waals surface area contributed by atoms with E-state index < -0.39 is 0 Å². The summed E-state index contributed by atoms with van der Waals surface area (Å²) in [5, 5.41) is 4.52. The Morgan fingerprint density at radius 1 is 1.43 bits per heavy atom. The fraction of sp³-hybridized carbons (Fsp3) is 0.364. The van der Waals surface area contributed by atoms with Gasteiger partial charge in [0.2, 0.25) is 0 Å². The quantitative estimate of drug-likeness (QED) is 0.780. The molecule has 0 aliphatic heterocycles. The number of aromatic nitrogens is 2. The van der Waals surface area contributed by atoms with E-state index in [-0.39, 0.29) is 0 Å². The van der Waals surface area contributed by atoms with Crippen molar-refractivity contribution in [1.29, 1.82) is 0 Å². The maximum atomic E-state index is 5.50. The second kappa shape index (κ2) is 3.80. The Morgan fingerprint density at radius 2 is 2.14 bits per heavy atom. The van der Waals surface area contributed by atoms with E-state index in [0.717, 1.165) is 12.2 Å². The number of allylic oxidation sites excluding steroid dienone is 4. The molecule has 2 rings (SSSR count). The van der Waals surface area contributed by atoms with E-state index in [1.54, 1.807) is 0 Å². The molecule has 0 fully saturated rings. The zero-order chi connectivity index (χ0) is 9.97. The largest absolute Gasteiger partial charge is 0.329 e. The van der Waals surface area contributed by atoms with Gasteiger partial charge in [0.1, 0.15) is 0 Å². The third-order valence-electron chi connectivity index (χ3n) is 2.43. The molecule has 1 aliphatic rings. The smallest absolute Gasteiger partial charge is 0.0734 e. The molecule has 0 saturated carbocycles. The van der Waals surface area contributed by atoms with Crippen molar-refractivity contribution in [2.75, 3.05) is 6.54 Å². The molecular formula is C11H15N3. The molecule has 0 unspecified atom stereocenters. The Kier molecular flexibility index (Phi) is 2.50. The molecule has 0 amide bonds. The zero-order valence-corrected chi connectivity index (χ0v) is 8.35. The average Bonchev–Trinajstić information content (AvgIpc) is 2.76. The summed E-state index contributed by atoms with van der Waals surface area (Å²) in [7, 11) is 0. The van der Waals surface area contributed by atoms with Crippen LogP contribution in [0.15, 0.2) is 30.4 Å². The third-order valence-corrected chi connectivity index (χ3v) is 2.43. The summed E-state index contributed by atoms with van der Waals surface area (Å²) in [6, 6.07) is 2.13. The number of hydrogen-bond acceptors (Lipinski definition) is 2. The lowest BCUT2D eigenvalue weighted by Crippen LogP contribution is -2.12. The molecule has 1 aliphatic carbocycles. The van der Waals surface area contributed by atoms with E-state index in [2.05, 4.69) is 42.4 Å². The molecule has 0 saturated heterocycles. The van der Waals surface area contributed by atoms with Crippen LogP contribution in [-0.4, -0.2) is 16.3 Å². The maximum absolute atomic E-state index is 5.50. The van der Waals surface area contributed by atoms with Crippen LogP contribution in [0.25, 0.3) is 0 Å². The van der Waals surface area contributed by atoms with E-state index in [0.29, 0.717) is 12.5 Å². The van der Waals surface area contributed by atoms with Crippen molar-refractivity contribution in [2.24, 2.45) is 5.73 Å². The summed E-state index contributed by atoms with van der Waals surface area (Å²) < 4.78 is 1.97. The molecule has 14 heavy (non-hydrogen) atoms. The van der Waals surface area contributed by atoms with Gasteiger partial charge < -0.3 is 5.73 Å². The fourth-order valence-electron chi connectivity index (χ4n) is 1.68. The highest BCUT2D eigenvalue weighted by Crippen LogP contribution is 2.22. The molecule has 0 radical (unpaired) electrons. The average molecular weight is 189 g/mol. The number of nitrogens with zero attached hydrogens (tertiary/aromatic N) is 2. The Bertz CT molecular complexity index is 362. The van der Waals surface area contributed by atoms with Crippen LogP contribution in [-0.2, 0) is 6.54 Å². The second-order valence-corrected chi connectivity index (χ2v) is 3.52. The highest BCUT2D eigenvalue weighted by atomic mass is 15.3. The van der Waals surface area contributed by atoms with Gasteiger partial charge in [-0.3, -0.25) is 4.68 Å². The first-order valence-electron chi connectivity index (χ1n) is 4.90. The van der Waals surface area contributed by atoms with Crippen molar-refractivity contribution in [3.63, 3.8) is 0 Å². The highest BCUT2D eigenvalue weighted by Gasteiger charge is 2.12. The number of rotatable bonds is 3. The Balaban J connectivity index is 2.23. The van der Waals surface area contributed by atoms with E-state index in [4.69, 9.17) is 5.73 Å². The normalized spacial score (nSPS) is 15.6. The van der Waals surface area contributed by atoms with Gasteiger partial charge in [0.25, 0.3) is 0 Å². The molecule has 3 nitrogen and oxygen atoms in total. The monoisotopic (exact) mass is 189 g/mol.